The summed E-state index contributed by atoms with van der Waals surface area (Å²) in [5.74, 6) is 3.81. The number of pyridine rings is 4. The van der Waals surface area contributed by atoms with Crippen LogP contribution in [-0.4, -0.2) is 107 Å². The molecule has 25 heteroatoms. The van der Waals surface area contributed by atoms with E-state index in [9.17, 15) is 26.4 Å². The Morgan fingerprint density at radius 1 is 0.567 bits per heavy atom. The number of aromatic nitrogens is 8. The normalized spacial score (nSPS) is 22.0. The third-order valence-electron chi connectivity index (χ3n) is 21.1. The van der Waals surface area contributed by atoms with Crippen LogP contribution in [0.25, 0.3) is 11.6 Å². The van der Waals surface area contributed by atoms with Crippen LogP contribution in [0, 0.1) is 50.7 Å². The van der Waals surface area contributed by atoms with Gasteiger partial charge in [-0.15, -0.1) is 10.2 Å². The summed E-state index contributed by atoms with van der Waals surface area (Å²) in [6.07, 6.45) is 25.7. The van der Waals surface area contributed by atoms with Gasteiger partial charge in [0, 0.05) is 43.2 Å². The van der Waals surface area contributed by atoms with Crippen molar-refractivity contribution < 1.29 is 35.9 Å². The fourth-order valence-electron chi connectivity index (χ4n) is 16.1. The zero-order valence-corrected chi connectivity index (χ0v) is 54.7. The molecule has 7 saturated carbocycles. The van der Waals surface area contributed by atoms with Crippen LogP contribution in [0.15, 0.2) is 95.2 Å². The van der Waals surface area contributed by atoms with Gasteiger partial charge in [0.15, 0.2) is 21.7 Å². The number of amides is 2. The summed E-state index contributed by atoms with van der Waals surface area (Å²) in [5.41, 5.74) is 3.09. The molecule has 1 aliphatic heterocycles. The fraction of sp³-hybridized carbons (Fsp3) is 0.569. The Morgan fingerprint density at radius 3 is 1.40 bits per heavy atom. The number of halogens is 2. The molecule has 0 bridgehead atoms. The van der Waals surface area contributed by atoms with Gasteiger partial charge in [-0.2, -0.15) is 16.8 Å². The lowest BCUT2D eigenvalue weighted by Gasteiger charge is -2.17. The molecule has 480 valence electrons. The molecule has 1 saturated heterocycles. The molecule has 90 heavy (non-hydrogen) atoms. The molecule has 6 aromatic heterocycles. The maximum absolute atomic E-state index is 13.0. The van der Waals surface area contributed by atoms with Crippen LogP contribution in [-0.2, 0) is 20.0 Å². The van der Waals surface area contributed by atoms with E-state index in [4.69, 9.17) is 32.7 Å². The van der Waals surface area contributed by atoms with E-state index in [-0.39, 0.29) is 37.0 Å². The Balaban J connectivity index is 0.000000165. The van der Waals surface area contributed by atoms with Crippen molar-refractivity contribution in [1.82, 2.24) is 54.3 Å². The van der Waals surface area contributed by atoms with E-state index in [0.717, 1.165) is 69.2 Å². The third-order valence-corrected chi connectivity index (χ3v) is 24.1. The second-order valence-electron chi connectivity index (χ2n) is 28.1. The van der Waals surface area contributed by atoms with Gasteiger partial charge in [0.05, 0.1) is 24.3 Å². The molecule has 7 heterocycles. The molecule has 2 amide bonds. The van der Waals surface area contributed by atoms with Gasteiger partial charge in [0.25, 0.3) is 31.9 Å². The molecule has 2 atom stereocenters. The summed E-state index contributed by atoms with van der Waals surface area (Å²) < 4.78 is 71.1. The Bertz CT molecular complexity index is 3650. The van der Waals surface area contributed by atoms with Gasteiger partial charge in [0.1, 0.15) is 21.9 Å². The van der Waals surface area contributed by atoms with Crippen LogP contribution in [0.4, 0.5) is 11.6 Å². The van der Waals surface area contributed by atoms with Gasteiger partial charge in [-0.3, -0.25) is 9.59 Å². The first-order valence-electron chi connectivity index (χ1n) is 32.0. The van der Waals surface area contributed by atoms with Crippen molar-refractivity contribution >= 4 is 66.7 Å². The average Bonchev–Trinajstić information content (AvgIpc) is 1.46. The smallest absolute Gasteiger partial charge is 0.281 e. The Morgan fingerprint density at radius 2 is 1.01 bits per heavy atom. The van der Waals surface area contributed by atoms with Crippen molar-refractivity contribution in [3.8, 4) is 23.4 Å². The number of hydrogen-bond donors (Lipinski definition) is 5. The van der Waals surface area contributed by atoms with Gasteiger partial charge in [-0.25, -0.2) is 38.7 Å². The number of rotatable bonds is 26. The summed E-state index contributed by atoms with van der Waals surface area (Å²) in [6.45, 7) is 12.7. The summed E-state index contributed by atoms with van der Waals surface area (Å²) >= 11 is 12.7. The first kappa shape index (κ1) is 62.4. The maximum atomic E-state index is 13.0. The summed E-state index contributed by atoms with van der Waals surface area (Å²) in [4.78, 5) is 42.9. The zero-order valence-electron chi connectivity index (χ0n) is 51.6. The van der Waals surface area contributed by atoms with Crippen LogP contribution in [0.5, 0.6) is 11.8 Å². The molecule has 8 fully saturated rings. The standard InChI is InChI=1S/C33H41ClN6O4S.C32H40ClN7O4S/c1-31(2)13-10-22(21-31)5-4-18-35-25-6-3-7-28(36-25)45(42,43)39-30(41)23-8-9-26(37-29(23)34)40-19-11-27(38-40)44-20-12-24-32(14-15-32)33(24)16-17-33;1-30(2)19-21(20-35-30)5-4-16-34-24-6-3-7-27(36-24)45(42,43)39-29(41)22-8-9-25(37-28(22)33)40-17-10-26(38-40)44-18-11-23-31(12-13-31)32(23)14-15-32/h3,6-9,11,19,22,24H,4-5,10,12-18,20-21H2,1-2H3,(H,35,36)(H,39,41);3,6-10,17,21,23,35H,4-5,11-16,18-20H2,1-2H3,(H,34,36)(H,39,41)/t22-;21-/m01/s1. The topological polar surface area (TPSA) is 268 Å². The number of anilines is 2. The highest BCUT2D eigenvalue weighted by Gasteiger charge is 2.86. The number of fused-ring (bicyclic) bond motifs is 2. The molecule has 0 aromatic carbocycles. The monoisotopic (exact) mass is 1310 g/mol. The van der Waals surface area contributed by atoms with E-state index in [0.29, 0.717) is 94.3 Å². The Kier molecular flexibility index (Phi) is 16.6. The van der Waals surface area contributed by atoms with Crippen LogP contribution in [0.2, 0.25) is 10.3 Å². The average molecular weight is 1310 g/mol. The highest BCUT2D eigenvalue weighted by atomic mass is 35.5. The predicted octanol–water partition coefficient (Wildman–Crippen LogP) is 11.4. The van der Waals surface area contributed by atoms with Crippen molar-refractivity contribution in [2.24, 2.45) is 50.7 Å². The molecule has 21 nitrogen and oxygen atoms in total. The minimum absolute atomic E-state index is 0.0792. The number of hydrogen-bond acceptors (Lipinski definition) is 17. The molecule has 0 radical (unpaired) electrons. The van der Waals surface area contributed by atoms with E-state index >= 15 is 0 Å². The van der Waals surface area contributed by atoms with Gasteiger partial charge in [0.2, 0.25) is 11.8 Å². The van der Waals surface area contributed by atoms with Crippen molar-refractivity contribution in [1.29, 1.82) is 0 Å². The molecule has 5 N–H and O–H groups in total. The van der Waals surface area contributed by atoms with E-state index < -0.39 is 31.9 Å². The van der Waals surface area contributed by atoms with Gasteiger partial charge >= 0.3 is 0 Å². The number of nitrogens with zero attached hydrogens (tertiary/aromatic N) is 8. The number of carbonyl (C=O) groups excluding carboxylic acids is 2. The lowest BCUT2D eigenvalue weighted by atomic mass is 9.89. The summed E-state index contributed by atoms with van der Waals surface area (Å²) in [6, 6.07) is 18.8. The molecule has 6 aromatic rings. The molecule has 4 spiro atoms. The zero-order chi connectivity index (χ0) is 62.9. The molecule has 0 unspecified atom stereocenters. The van der Waals surface area contributed by atoms with E-state index in [1.165, 1.54) is 104 Å². The van der Waals surface area contributed by atoms with E-state index in [1.54, 1.807) is 60.9 Å². The number of carbonyl (C=O) groups is 2. The van der Waals surface area contributed by atoms with Crippen molar-refractivity contribution in [3.05, 3.63) is 107 Å². The highest BCUT2D eigenvalue weighted by Crippen LogP contribution is 2.94. The Hall–Kier alpha value is -6.40. The first-order valence-corrected chi connectivity index (χ1v) is 35.8. The molecule has 8 aliphatic rings. The summed E-state index contributed by atoms with van der Waals surface area (Å²) in [7, 11) is -8.51. The lowest BCUT2D eigenvalue weighted by molar-refractivity contribution is 0.0972. The SMILES string of the molecule is CC1(C)CC[C@H](CCCNc2cccc(S(=O)(=O)NC(=O)c3ccc(-n4ccc(OCCC5C6(CC6)C56CC6)n4)nc3Cl)n2)C1.CC1(C)C[C@@H](CCCNc2cccc(S(=O)(=O)NC(=O)c3ccc(-n4ccc(OCCC5C6(CC6)C56CC6)n4)nc3Cl)n2)CN1. The maximum Gasteiger partial charge on any atom is 0.281 e. The molecule has 7 aliphatic carbocycles. The predicted molar refractivity (Wildman–Crippen MR) is 341 cm³/mol. The van der Waals surface area contributed by atoms with Crippen LogP contribution < -0.4 is 34.9 Å². The van der Waals surface area contributed by atoms with E-state index in [2.05, 4.69) is 83.2 Å². The molecule has 14 rings (SSSR count). The molecular formula is C65H81Cl2N13O8S2. The van der Waals surface area contributed by atoms with Gasteiger partial charge < -0.3 is 25.4 Å². The minimum Gasteiger partial charge on any atom is -0.477 e. The minimum atomic E-state index is -4.26. The summed E-state index contributed by atoms with van der Waals surface area (Å²) in [5, 5.41) is 18.0. The van der Waals surface area contributed by atoms with Gasteiger partial charge in [-0.05, 0) is 235 Å². The number of ether oxygens (including phenoxy) is 2. The second kappa shape index (κ2) is 23.9. The fourth-order valence-corrected chi connectivity index (χ4v) is 18.4. The first-order chi connectivity index (χ1) is 43.0. The molecular weight excluding hydrogens is 1230 g/mol. The largest absolute Gasteiger partial charge is 0.477 e. The van der Waals surface area contributed by atoms with Crippen molar-refractivity contribution in [3.63, 3.8) is 0 Å². The van der Waals surface area contributed by atoms with Crippen LogP contribution in [0.3, 0.4) is 0 Å². The number of nitrogens with one attached hydrogen (secondary N) is 5. The second-order valence-corrected chi connectivity index (χ2v) is 32.0. The Labute approximate surface area is 536 Å². The van der Waals surface area contributed by atoms with Crippen LogP contribution >= 0.6 is 23.2 Å². The van der Waals surface area contributed by atoms with Crippen LogP contribution in [0.1, 0.15) is 164 Å². The van der Waals surface area contributed by atoms with Crippen molar-refractivity contribution in [2.45, 2.75) is 159 Å². The van der Waals surface area contributed by atoms with Gasteiger partial charge in [-0.1, -0.05) is 49.2 Å². The van der Waals surface area contributed by atoms with E-state index in [1.807, 2.05) is 0 Å². The lowest BCUT2D eigenvalue weighted by Crippen LogP contribution is -2.31. The number of sulfonamides is 2. The highest BCUT2D eigenvalue weighted by molar-refractivity contribution is 7.90. The third kappa shape index (κ3) is 13.0. The quantitative estimate of drug-likeness (QED) is 0.0249. The van der Waals surface area contributed by atoms with Crippen molar-refractivity contribution in [2.75, 3.05) is 43.5 Å².